The number of pyridine rings is 1. The molecule has 290 valence electrons. The molecular weight excluding hydrogens is 793 g/mol. The van der Waals surface area contributed by atoms with Crippen molar-refractivity contribution in [3.63, 3.8) is 0 Å². The molecule has 2 aliphatic heterocycles. The number of hydrogen-bond acceptors (Lipinski definition) is 9. The minimum Gasteiger partial charge on any atom is -0.354 e. The van der Waals surface area contributed by atoms with Crippen LogP contribution in [0.25, 0.3) is 90.9 Å². The van der Waals surface area contributed by atoms with Crippen molar-refractivity contribution in [3.8, 4) is 44.5 Å². The summed E-state index contributed by atoms with van der Waals surface area (Å²) in [5, 5.41) is 11.6. The molecule has 2 aliphatic rings. The van der Waals surface area contributed by atoms with E-state index in [1.807, 2.05) is 60.7 Å². The van der Waals surface area contributed by atoms with Crippen LogP contribution in [0, 0.1) is 10.1 Å². The van der Waals surface area contributed by atoms with Gasteiger partial charge in [0.2, 0.25) is 0 Å². The number of nitro groups is 1. The van der Waals surface area contributed by atoms with Gasteiger partial charge in [-0.25, -0.2) is 9.97 Å². The quantitative estimate of drug-likeness (QED) is 0.0674. The minimum atomic E-state index is -4.49. The van der Waals surface area contributed by atoms with Crippen LogP contribution in [0.2, 0.25) is 0 Å². The van der Waals surface area contributed by atoms with Crippen molar-refractivity contribution in [3.05, 3.63) is 154 Å². The van der Waals surface area contributed by atoms with Gasteiger partial charge in [-0.2, -0.15) is 16.8 Å². The fourth-order valence-corrected chi connectivity index (χ4v) is 8.24. The Morgan fingerprint density at radius 2 is 0.763 bits per heavy atom. The van der Waals surface area contributed by atoms with Gasteiger partial charge in [0.1, 0.15) is 0 Å². The molecule has 59 heavy (non-hydrogen) atoms. The SMILES string of the molecule is O=[N+]([O-])c1ccc(-c2c3nc(c(-c4ccc(S(=O)(=O)O)cc4)c4ccc([nH]4)c(-c4ccc(S(=O)(=O)O)cc4)c4nc(c(-c5ccncc5)c5ccc2[nH]5)C=C4)C=C3)cc1. The fourth-order valence-electron chi connectivity index (χ4n) is 7.28. The van der Waals surface area contributed by atoms with Gasteiger partial charge in [-0.1, -0.05) is 24.3 Å². The number of nitrogens with zero attached hydrogens (tertiary/aromatic N) is 4. The van der Waals surface area contributed by atoms with E-state index in [0.717, 1.165) is 11.1 Å². The summed E-state index contributed by atoms with van der Waals surface area (Å²) in [6, 6.07) is 28.9. The van der Waals surface area contributed by atoms with Gasteiger partial charge in [-0.15, -0.1) is 0 Å². The minimum absolute atomic E-state index is 0.0747. The summed E-state index contributed by atoms with van der Waals surface area (Å²) >= 11 is 0. The zero-order chi connectivity index (χ0) is 41.1. The Kier molecular flexibility index (Phi) is 8.97. The van der Waals surface area contributed by atoms with Crippen LogP contribution in [0.1, 0.15) is 22.8 Å². The number of aromatic nitrogens is 5. The second-order valence-corrected chi connectivity index (χ2v) is 16.4. The summed E-state index contributed by atoms with van der Waals surface area (Å²) in [6.07, 6.45) is 10.7. The van der Waals surface area contributed by atoms with Crippen LogP contribution >= 0.6 is 0 Å². The third kappa shape index (κ3) is 7.02. The number of fused-ring (bicyclic) bond motifs is 8. The van der Waals surface area contributed by atoms with E-state index in [1.165, 1.54) is 36.4 Å². The molecule has 6 heterocycles. The zero-order valence-corrected chi connectivity index (χ0v) is 31.9. The molecule has 8 bridgehead atoms. The molecular formula is C43H28N6O8S2. The fraction of sp³-hybridized carbons (Fsp3) is 0. The van der Waals surface area contributed by atoms with E-state index in [1.54, 1.807) is 48.8 Å². The first-order valence-corrected chi connectivity index (χ1v) is 20.7. The van der Waals surface area contributed by atoms with Crippen LogP contribution in [0.3, 0.4) is 0 Å². The number of hydrogen-bond donors (Lipinski definition) is 4. The average Bonchev–Trinajstić information content (AvgIpc) is 4.06. The molecule has 0 saturated heterocycles. The van der Waals surface area contributed by atoms with Gasteiger partial charge in [0.05, 0.1) is 37.5 Å². The van der Waals surface area contributed by atoms with Gasteiger partial charge in [0.15, 0.2) is 0 Å². The Balaban J connectivity index is 1.44. The number of rotatable bonds is 7. The molecule has 4 aromatic heterocycles. The van der Waals surface area contributed by atoms with Gasteiger partial charge in [0.25, 0.3) is 25.9 Å². The Labute approximate surface area is 335 Å². The molecule has 0 fully saturated rings. The third-order valence-electron chi connectivity index (χ3n) is 9.97. The summed E-state index contributed by atoms with van der Waals surface area (Å²) in [5.74, 6) is 0. The highest BCUT2D eigenvalue weighted by Crippen LogP contribution is 2.39. The third-order valence-corrected chi connectivity index (χ3v) is 11.7. The van der Waals surface area contributed by atoms with E-state index in [0.29, 0.717) is 78.2 Å². The van der Waals surface area contributed by atoms with Crippen molar-refractivity contribution >= 4 is 72.3 Å². The van der Waals surface area contributed by atoms with Gasteiger partial charge in [-0.05, 0) is 119 Å². The van der Waals surface area contributed by atoms with Gasteiger partial charge < -0.3 is 9.97 Å². The number of nitro benzene ring substituents is 1. The van der Waals surface area contributed by atoms with Crippen LogP contribution in [-0.2, 0) is 20.2 Å². The molecule has 7 aromatic rings. The lowest BCUT2D eigenvalue weighted by molar-refractivity contribution is -0.384. The number of aromatic amines is 2. The van der Waals surface area contributed by atoms with Crippen molar-refractivity contribution in [2.75, 3.05) is 0 Å². The van der Waals surface area contributed by atoms with Gasteiger partial charge in [0, 0.05) is 68.8 Å². The van der Waals surface area contributed by atoms with E-state index in [-0.39, 0.29) is 15.5 Å². The highest BCUT2D eigenvalue weighted by atomic mass is 32.2. The average molecular weight is 821 g/mol. The molecule has 4 N–H and O–H groups in total. The number of non-ortho nitro benzene ring substituents is 1. The normalized spacial score (nSPS) is 12.5. The molecule has 9 rings (SSSR count). The molecule has 0 spiro atoms. The predicted octanol–water partition coefficient (Wildman–Crippen LogP) is 9.12. The lowest BCUT2D eigenvalue weighted by Gasteiger charge is -2.07. The van der Waals surface area contributed by atoms with E-state index < -0.39 is 25.2 Å². The topological polar surface area (TPSA) is 222 Å². The summed E-state index contributed by atoms with van der Waals surface area (Å²) in [5.41, 5.74) is 9.72. The smallest absolute Gasteiger partial charge is 0.294 e. The predicted molar refractivity (Wildman–Crippen MR) is 225 cm³/mol. The number of nitrogens with one attached hydrogen (secondary N) is 2. The highest BCUT2D eigenvalue weighted by molar-refractivity contribution is 7.86. The van der Waals surface area contributed by atoms with Crippen LogP contribution in [0.5, 0.6) is 0 Å². The van der Waals surface area contributed by atoms with Crippen molar-refractivity contribution in [2.24, 2.45) is 0 Å². The molecule has 0 unspecified atom stereocenters. The molecule has 0 radical (unpaired) electrons. The largest absolute Gasteiger partial charge is 0.354 e. The summed E-state index contributed by atoms with van der Waals surface area (Å²) in [6.45, 7) is 0. The molecule has 16 heteroatoms. The van der Waals surface area contributed by atoms with Crippen LogP contribution < -0.4 is 0 Å². The monoisotopic (exact) mass is 820 g/mol. The molecule has 14 nitrogen and oxygen atoms in total. The first kappa shape index (κ1) is 37.2. The number of benzene rings is 3. The maximum absolute atomic E-state index is 12.0. The summed E-state index contributed by atoms with van der Waals surface area (Å²) < 4.78 is 67.4. The lowest BCUT2D eigenvalue weighted by atomic mass is 10.0. The second-order valence-electron chi connectivity index (χ2n) is 13.5. The zero-order valence-electron chi connectivity index (χ0n) is 30.3. The Morgan fingerprint density at radius 3 is 1.07 bits per heavy atom. The lowest BCUT2D eigenvalue weighted by Crippen LogP contribution is -1.97. The van der Waals surface area contributed by atoms with E-state index >= 15 is 0 Å². The Morgan fingerprint density at radius 1 is 0.458 bits per heavy atom. The standard InChI is InChI=1S/C43H28N6O8S2/c50-49(51)29-7-1-25(2-8-29)40-32-13-14-34(45-32)41(26-3-9-30(10-4-26)58(52,53)54)35-15-16-36(46-35)42(27-5-11-31(12-6-27)59(55,56)57)37-18-20-39(48-37)43(28-21-23-44-24-22-28)38-19-17-33(40)47-38/h1-24,46-47H,(H,52,53,54)(H,55,56,57). The maximum Gasteiger partial charge on any atom is 0.294 e. The Bertz CT molecular complexity index is 3320. The van der Waals surface area contributed by atoms with Crippen molar-refractivity contribution < 1.29 is 30.9 Å². The first-order valence-electron chi connectivity index (χ1n) is 17.8. The van der Waals surface area contributed by atoms with Gasteiger partial charge >= 0.3 is 0 Å². The molecule has 3 aromatic carbocycles. The molecule has 0 saturated carbocycles. The molecule has 0 atom stereocenters. The van der Waals surface area contributed by atoms with Crippen molar-refractivity contribution in [1.82, 2.24) is 24.9 Å². The Hall–Kier alpha value is -7.37. The maximum atomic E-state index is 12.0. The molecule has 0 amide bonds. The van der Waals surface area contributed by atoms with Crippen LogP contribution in [-0.4, -0.2) is 55.8 Å². The van der Waals surface area contributed by atoms with Crippen molar-refractivity contribution in [2.45, 2.75) is 9.79 Å². The highest BCUT2D eigenvalue weighted by Gasteiger charge is 2.20. The van der Waals surface area contributed by atoms with Crippen LogP contribution in [0.4, 0.5) is 5.69 Å². The van der Waals surface area contributed by atoms with E-state index in [4.69, 9.17) is 9.97 Å². The summed E-state index contributed by atoms with van der Waals surface area (Å²) in [7, 11) is -8.97. The van der Waals surface area contributed by atoms with E-state index in [9.17, 15) is 36.1 Å². The van der Waals surface area contributed by atoms with Gasteiger partial charge in [-0.3, -0.25) is 24.2 Å². The first-order chi connectivity index (χ1) is 28.3. The van der Waals surface area contributed by atoms with E-state index in [2.05, 4.69) is 15.0 Å². The van der Waals surface area contributed by atoms with Crippen molar-refractivity contribution in [1.29, 1.82) is 0 Å². The number of H-pyrrole nitrogens is 2. The second kappa shape index (κ2) is 14.2. The summed E-state index contributed by atoms with van der Waals surface area (Å²) in [4.78, 5) is 32.1. The molecule has 0 aliphatic carbocycles. The van der Waals surface area contributed by atoms with Crippen LogP contribution in [0.15, 0.2) is 131 Å².